The Labute approximate surface area is 271 Å². The van der Waals surface area contributed by atoms with E-state index in [0.717, 1.165) is 18.2 Å². The zero-order valence-electron chi connectivity index (χ0n) is 24.9. The SMILES string of the molecule is COc1ccc(S(=O)(=O)N2C(=O)C(c3ccc4c(c3)OCO4)(N3C[C@H](O)C[C@H]3C(=O)N(C)C)c3cc(Cl)ccc32)c(OC(F)(F)F)c1. The first-order valence-electron chi connectivity index (χ1n) is 14.0. The Morgan fingerprint density at radius 2 is 1.81 bits per heavy atom. The van der Waals surface area contributed by atoms with Crippen molar-refractivity contribution in [3.05, 3.63) is 70.7 Å². The molecule has 17 heteroatoms. The summed E-state index contributed by atoms with van der Waals surface area (Å²) in [7, 11) is -1.07. The van der Waals surface area contributed by atoms with E-state index >= 15 is 4.79 Å². The lowest BCUT2D eigenvalue weighted by Crippen LogP contribution is -2.59. The van der Waals surface area contributed by atoms with Gasteiger partial charge in [0.05, 0.1) is 24.9 Å². The minimum absolute atomic E-state index is 0.00472. The summed E-state index contributed by atoms with van der Waals surface area (Å²) >= 11 is 6.45. The second-order valence-corrected chi connectivity index (χ2v) is 13.4. The van der Waals surface area contributed by atoms with E-state index < -0.39 is 56.5 Å². The van der Waals surface area contributed by atoms with Crippen LogP contribution in [0.25, 0.3) is 0 Å². The molecule has 0 bridgehead atoms. The van der Waals surface area contributed by atoms with E-state index in [4.69, 9.17) is 25.8 Å². The number of likely N-dealkylation sites (tertiary alicyclic amines) is 1. The number of carbonyl (C=O) groups is 2. The third-order valence-electron chi connectivity index (χ3n) is 8.18. The van der Waals surface area contributed by atoms with E-state index in [9.17, 15) is 31.5 Å². The summed E-state index contributed by atoms with van der Waals surface area (Å²) in [5.74, 6) is -2.40. The van der Waals surface area contributed by atoms with Crippen molar-refractivity contribution in [2.75, 3.05) is 38.8 Å². The minimum atomic E-state index is -5.31. The molecule has 250 valence electrons. The van der Waals surface area contributed by atoms with Gasteiger partial charge in [-0.15, -0.1) is 13.2 Å². The maximum atomic E-state index is 15.2. The molecule has 0 saturated carbocycles. The van der Waals surface area contributed by atoms with Crippen molar-refractivity contribution in [1.82, 2.24) is 9.80 Å². The molecule has 47 heavy (non-hydrogen) atoms. The van der Waals surface area contributed by atoms with E-state index in [0.29, 0.717) is 10.1 Å². The van der Waals surface area contributed by atoms with Crippen LogP contribution in [0.2, 0.25) is 5.02 Å². The number of hydrogen-bond acceptors (Lipinski definition) is 10. The molecule has 6 rings (SSSR count). The number of fused-ring (bicyclic) bond motifs is 2. The molecule has 0 radical (unpaired) electrons. The van der Waals surface area contributed by atoms with Gasteiger partial charge in [-0.05, 0) is 54.4 Å². The molecule has 0 aliphatic carbocycles. The van der Waals surface area contributed by atoms with Gasteiger partial charge in [-0.3, -0.25) is 14.5 Å². The molecule has 12 nitrogen and oxygen atoms in total. The molecule has 3 atom stereocenters. The number of nitrogens with zero attached hydrogens (tertiary/aromatic N) is 3. The Balaban J connectivity index is 1.64. The lowest BCUT2D eigenvalue weighted by atomic mass is 9.81. The first kappa shape index (κ1) is 32.7. The van der Waals surface area contributed by atoms with Crippen molar-refractivity contribution in [2.45, 2.75) is 35.4 Å². The predicted octanol–water partition coefficient (Wildman–Crippen LogP) is 3.48. The fourth-order valence-electron chi connectivity index (χ4n) is 6.28. The number of halogens is 4. The van der Waals surface area contributed by atoms with Gasteiger partial charge in [0.1, 0.15) is 10.6 Å². The Morgan fingerprint density at radius 1 is 1.09 bits per heavy atom. The number of ether oxygens (including phenoxy) is 4. The molecule has 0 spiro atoms. The maximum Gasteiger partial charge on any atom is 0.573 e. The molecule has 3 aliphatic heterocycles. The van der Waals surface area contributed by atoms with Crippen molar-refractivity contribution < 1.29 is 55.2 Å². The number of likely N-dealkylation sites (N-methyl/N-ethyl adjacent to an activating group) is 1. The number of benzene rings is 3. The van der Waals surface area contributed by atoms with Gasteiger partial charge in [-0.2, -0.15) is 0 Å². The second-order valence-electron chi connectivity index (χ2n) is 11.2. The molecule has 1 saturated heterocycles. The summed E-state index contributed by atoms with van der Waals surface area (Å²) in [4.78, 5) is 30.4. The molecule has 3 heterocycles. The van der Waals surface area contributed by atoms with Crippen LogP contribution in [0.1, 0.15) is 17.5 Å². The second kappa shape index (κ2) is 11.5. The molecule has 0 aromatic heterocycles. The first-order valence-corrected chi connectivity index (χ1v) is 15.8. The van der Waals surface area contributed by atoms with Crippen LogP contribution in [0, 0.1) is 0 Å². The van der Waals surface area contributed by atoms with Gasteiger partial charge in [0, 0.05) is 37.3 Å². The Morgan fingerprint density at radius 3 is 2.49 bits per heavy atom. The van der Waals surface area contributed by atoms with Crippen molar-refractivity contribution in [1.29, 1.82) is 0 Å². The van der Waals surface area contributed by atoms with Gasteiger partial charge in [0.2, 0.25) is 12.7 Å². The Hall–Kier alpha value is -4.25. The predicted molar refractivity (Wildman–Crippen MR) is 159 cm³/mol. The summed E-state index contributed by atoms with van der Waals surface area (Å²) in [6.45, 7) is -0.401. The smallest absolute Gasteiger partial charge is 0.497 e. The highest BCUT2D eigenvalue weighted by Gasteiger charge is 2.63. The largest absolute Gasteiger partial charge is 0.573 e. The summed E-state index contributed by atoms with van der Waals surface area (Å²) in [5, 5.41) is 11.0. The van der Waals surface area contributed by atoms with E-state index in [2.05, 4.69) is 4.74 Å². The van der Waals surface area contributed by atoms with E-state index in [1.165, 1.54) is 67.4 Å². The van der Waals surface area contributed by atoms with Crippen molar-refractivity contribution in [3.8, 4) is 23.0 Å². The third-order valence-corrected chi connectivity index (χ3v) is 10.2. The van der Waals surface area contributed by atoms with Crippen LogP contribution < -0.4 is 23.3 Å². The summed E-state index contributed by atoms with van der Waals surface area (Å²) < 4.78 is 90.0. The van der Waals surface area contributed by atoms with Gasteiger partial charge in [-0.1, -0.05) is 17.7 Å². The fraction of sp³-hybridized carbons (Fsp3) is 0.333. The number of amides is 2. The topological polar surface area (TPSA) is 135 Å². The molecule has 3 aliphatic rings. The van der Waals surface area contributed by atoms with Crippen molar-refractivity contribution in [2.24, 2.45) is 0 Å². The molecular weight excluding hydrogens is 671 g/mol. The highest BCUT2D eigenvalue weighted by molar-refractivity contribution is 7.93. The number of methoxy groups -OCH3 is 1. The van der Waals surface area contributed by atoms with Gasteiger partial charge in [-0.25, -0.2) is 12.7 Å². The van der Waals surface area contributed by atoms with Crippen LogP contribution in [0.4, 0.5) is 18.9 Å². The zero-order valence-corrected chi connectivity index (χ0v) is 26.5. The molecule has 3 aromatic rings. The van der Waals surface area contributed by atoms with Crippen molar-refractivity contribution >= 4 is 39.1 Å². The summed E-state index contributed by atoms with van der Waals surface area (Å²) in [6.07, 6.45) is -6.54. The lowest BCUT2D eigenvalue weighted by Gasteiger charge is -2.41. The standard InChI is InChI=1S/C30H27ClF3N3O9S/c1-35(2)27(39)22-12-18(38)14-36(22)29(16-4-8-23-24(10-16)45-15-44-23)20-11-17(31)5-7-21(20)37(28(29)40)47(41,42)26-9-6-19(43-3)13-25(26)46-30(32,33)34/h4-11,13,18,22,38H,12,14-15H2,1-3H3/t18-,22+,29?/m1/s1. The molecule has 2 amide bonds. The lowest BCUT2D eigenvalue weighted by molar-refractivity contribution is -0.275. The average Bonchev–Trinajstić information content (AvgIpc) is 3.69. The highest BCUT2D eigenvalue weighted by atomic mass is 35.5. The molecule has 1 fully saturated rings. The first-order chi connectivity index (χ1) is 22.1. The van der Waals surface area contributed by atoms with Crippen LogP contribution in [-0.2, 0) is 25.2 Å². The molecule has 1 N–H and O–H groups in total. The van der Waals surface area contributed by atoms with E-state index in [1.54, 1.807) is 0 Å². The third kappa shape index (κ3) is 5.28. The highest BCUT2D eigenvalue weighted by Crippen LogP contribution is 2.55. The van der Waals surface area contributed by atoms with Gasteiger partial charge in [0.25, 0.3) is 15.9 Å². The van der Waals surface area contributed by atoms with Crippen LogP contribution in [0.15, 0.2) is 59.5 Å². The van der Waals surface area contributed by atoms with Crippen molar-refractivity contribution in [3.63, 3.8) is 0 Å². The van der Waals surface area contributed by atoms with E-state index in [1.807, 2.05) is 0 Å². The molecule has 3 aromatic carbocycles. The number of β-amino-alcohol motifs (C(OH)–C–C–N with tert-alkyl or cyclic N) is 1. The molecular formula is C30H27ClF3N3O9S. The Kier molecular flexibility index (Phi) is 7.97. The average molecular weight is 698 g/mol. The Bertz CT molecular complexity index is 1890. The van der Waals surface area contributed by atoms with Gasteiger partial charge in [0.15, 0.2) is 22.8 Å². The number of carbonyl (C=O) groups excluding carboxylic acids is 2. The van der Waals surface area contributed by atoms with Gasteiger partial charge >= 0.3 is 6.36 Å². The number of sulfonamides is 1. The maximum absolute atomic E-state index is 15.2. The van der Waals surface area contributed by atoms with Crippen LogP contribution in [0.3, 0.4) is 0 Å². The monoisotopic (exact) mass is 697 g/mol. The van der Waals surface area contributed by atoms with Gasteiger partial charge < -0.3 is 29.0 Å². The van der Waals surface area contributed by atoms with Crippen LogP contribution in [-0.4, -0.2) is 88.2 Å². The van der Waals surface area contributed by atoms with Crippen LogP contribution in [0.5, 0.6) is 23.0 Å². The van der Waals surface area contributed by atoms with E-state index in [-0.39, 0.29) is 53.1 Å². The molecule has 1 unspecified atom stereocenters. The number of rotatable bonds is 7. The number of alkyl halides is 3. The fourth-order valence-corrected chi connectivity index (χ4v) is 8.01. The summed E-state index contributed by atoms with van der Waals surface area (Å²) in [5.41, 5.74) is -2.29. The number of aliphatic hydroxyl groups excluding tert-OH is 1. The quantitative estimate of drug-likeness (QED) is 0.391. The van der Waals surface area contributed by atoms with Crippen LogP contribution >= 0.6 is 11.6 Å². The zero-order chi connectivity index (χ0) is 34.1. The number of aliphatic hydroxyl groups is 1. The number of anilines is 1. The summed E-state index contributed by atoms with van der Waals surface area (Å²) in [6, 6.07) is 9.86. The number of hydrogen-bond donors (Lipinski definition) is 1. The minimum Gasteiger partial charge on any atom is -0.497 e. The normalized spacial score (nSPS) is 22.4.